The van der Waals surface area contributed by atoms with Gasteiger partial charge in [-0.2, -0.15) is 5.26 Å². The number of aryl methyl sites for hydroxylation is 1. The number of nitrogens with two attached hydrogens (primary N) is 1. The molecule has 0 spiro atoms. The topological polar surface area (TPSA) is 96.9 Å². The maximum Gasteiger partial charge on any atom is 0.244 e. The van der Waals surface area contributed by atoms with Gasteiger partial charge in [0.15, 0.2) is 0 Å². The van der Waals surface area contributed by atoms with Crippen molar-refractivity contribution in [2.75, 3.05) is 7.11 Å². The van der Waals surface area contributed by atoms with Gasteiger partial charge in [-0.05, 0) is 24.6 Å². The summed E-state index contributed by atoms with van der Waals surface area (Å²) in [5.74, 6) is 0.623. The fourth-order valence-electron chi connectivity index (χ4n) is 2.59. The number of hydrogen-bond donors (Lipinski definition) is 2. The highest BCUT2D eigenvalue weighted by Crippen LogP contribution is 2.43. The Kier molecular flexibility index (Phi) is 3.43. The molecule has 0 bridgehead atoms. The zero-order chi connectivity index (χ0) is 15.9. The number of benzene rings is 1. The van der Waals surface area contributed by atoms with E-state index in [4.69, 9.17) is 26.8 Å². The molecule has 3 N–H and O–H groups in total. The van der Waals surface area contributed by atoms with Crippen molar-refractivity contribution < 1.29 is 9.47 Å². The van der Waals surface area contributed by atoms with Gasteiger partial charge in [0.1, 0.15) is 17.4 Å². The number of H-pyrrole nitrogens is 1. The number of rotatable bonds is 2. The van der Waals surface area contributed by atoms with Crippen LogP contribution < -0.4 is 15.2 Å². The van der Waals surface area contributed by atoms with Crippen LogP contribution in [-0.2, 0) is 0 Å². The van der Waals surface area contributed by atoms with Gasteiger partial charge in [-0.1, -0.05) is 17.7 Å². The van der Waals surface area contributed by atoms with Gasteiger partial charge in [0.2, 0.25) is 11.8 Å². The molecule has 3 rings (SSSR count). The average molecular weight is 317 g/mol. The molecular weight excluding hydrogens is 304 g/mol. The molecule has 2 aromatic rings. The molecule has 0 amide bonds. The zero-order valence-corrected chi connectivity index (χ0v) is 12.7. The second kappa shape index (κ2) is 5.28. The second-order valence-electron chi connectivity index (χ2n) is 4.89. The number of aromatic amines is 1. The molecule has 0 saturated heterocycles. The third-order valence-electron chi connectivity index (χ3n) is 3.64. The van der Waals surface area contributed by atoms with E-state index >= 15 is 0 Å². The summed E-state index contributed by atoms with van der Waals surface area (Å²) in [6.45, 7) is 1.86. The molecule has 1 aromatic heterocycles. The van der Waals surface area contributed by atoms with E-state index in [2.05, 4.69) is 16.3 Å². The minimum Gasteiger partial charge on any atom is -0.495 e. The Morgan fingerprint density at radius 1 is 1.50 bits per heavy atom. The van der Waals surface area contributed by atoms with Gasteiger partial charge in [-0.15, -0.1) is 5.10 Å². The van der Waals surface area contributed by atoms with Crippen LogP contribution >= 0.6 is 11.6 Å². The summed E-state index contributed by atoms with van der Waals surface area (Å²) in [5.41, 5.74) is 8.61. The van der Waals surface area contributed by atoms with Crippen LogP contribution in [0, 0.1) is 18.3 Å². The molecule has 1 atom stereocenters. The van der Waals surface area contributed by atoms with Crippen LogP contribution in [0.25, 0.3) is 0 Å². The summed E-state index contributed by atoms with van der Waals surface area (Å²) in [5, 5.41) is 16.9. The van der Waals surface area contributed by atoms with Crippen LogP contribution in [-0.4, -0.2) is 17.3 Å². The predicted octanol–water partition coefficient (Wildman–Crippen LogP) is 2.60. The molecule has 22 heavy (non-hydrogen) atoms. The van der Waals surface area contributed by atoms with E-state index in [0.29, 0.717) is 22.2 Å². The largest absolute Gasteiger partial charge is 0.495 e. The normalized spacial score (nSPS) is 16.7. The van der Waals surface area contributed by atoms with Crippen molar-refractivity contribution in [3.05, 3.63) is 51.5 Å². The number of fused-ring (bicyclic) bond motifs is 1. The Morgan fingerprint density at radius 2 is 2.27 bits per heavy atom. The minimum absolute atomic E-state index is 0.0541. The number of halogens is 1. The molecule has 7 heteroatoms. The molecule has 1 aromatic carbocycles. The van der Waals surface area contributed by atoms with Crippen LogP contribution in [0.2, 0.25) is 5.02 Å². The lowest BCUT2D eigenvalue weighted by molar-refractivity contribution is 0.378. The Balaban J connectivity index is 2.21. The van der Waals surface area contributed by atoms with Gasteiger partial charge in [-0.3, -0.25) is 5.10 Å². The van der Waals surface area contributed by atoms with Crippen molar-refractivity contribution in [1.82, 2.24) is 10.2 Å². The van der Waals surface area contributed by atoms with Gasteiger partial charge in [-0.25, -0.2) is 0 Å². The summed E-state index contributed by atoms with van der Waals surface area (Å²) in [6.07, 6.45) is 0. The molecule has 0 radical (unpaired) electrons. The lowest BCUT2D eigenvalue weighted by atomic mass is 9.84. The number of allylic oxidation sites excluding steroid dienone is 1. The number of nitriles is 1. The van der Waals surface area contributed by atoms with Crippen molar-refractivity contribution in [2.24, 2.45) is 5.73 Å². The van der Waals surface area contributed by atoms with E-state index in [1.165, 1.54) is 0 Å². The van der Waals surface area contributed by atoms with Crippen LogP contribution in [0.1, 0.15) is 22.7 Å². The van der Waals surface area contributed by atoms with Crippen molar-refractivity contribution in [3.8, 4) is 17.7 Å². The fourth-order valence-corrected chi connectivity index (χ4v) is 2.86. The molecule has 2 heterocycles. The molecule has 0 saturated carbocycles. The van der Waals surface area contributed by atoms with E-state index in [1.54, 1.807) is 19.2 Å². The lowest BCUT2D eigenvalue weighted by Gasteiger charge is -2.24. The van der Waals surface area contributed by atoms with E-state index < -0.39 is 0 Å². The number of methoxy groups -OCH3 is 1. The average Bonchev–Trinajstić information content (AvgIpc) is 2.86. The highest BCUT2D eigenvalue weighted by atomic mass is 35.5. The summed E-state index contributed by atoms with van der Waals surface area (Å²) < 4.78 is 10.6. The van der Waals surface area contributed by atoms with Crippen molar-refractivity contribution in [3.63, 3.8) is 0 Å². The number of nitrogens with one attached hydrogen (secondary N) is 1. The molecule has 0 unspecified atom stereocenters. The third kappa shape index (κ3) is 2.07. The van der Waals surface area contributed by atoms with E-state index in [0.717, 1.165) is 16.8 Å². The van der Waals surface area contributed by atoms with Crippen molar-refractivity contribution >= 4 is 11.6 Å². The number of ether oxygens (including phenoxy) is 2. The maximum absolute atomic E-state index is 9.46. The van der Waals surface area contributed by atoms with Gasteiger partial charge in [0, 0.05) is 11.3 Å². The van der Waals surface area contributed by atoms with Crippen LogP contribution in [0.4, 0.5) is 0 Å². The fraction of sp³-hybridized carbons (Fsp3) is 0.200. The lowest BCUT2D eigenvalue weighted by Crippen LogP contribution is -2.21. The van der Waals surface area contributed by atoms with E-state index in [-0.39, 0.29) is 11.8 Å². The highest BCUT2D eigenvalue weighted by molar-refractivity contribution is 6.32. The standard InChI is InChI=1S/C15H13ClN4O2/c1-7-12-13(8-3-4-11(21-2)10(16)5-8)9(6-17)14(18)22-15(12)20-19-7/h3-5,13H,18H2,1-2H3,(H,19,20)/t13-/m0/s1. The number of nitrogens with zero attached hydrogens (tertiary/aromatic N) is 2. The quantitative estimate of drug-likeness (QED) is 0.887. The third-order valence-corrected chi connectivity index (χ3v) is 3.93. The van der Waals surface area contributed by atoms with Gasteiger partial charge in [0.05, 0.1) is 18.1 Å². The highest BCUT2D eigenvalue weighted by Gasteiger charge is 2.34. The monoisotopic (exact) mass is 316 g/mol. The molecular formula is C15H13ClN4O2. The van der Waals surface area contributed by atoms with E-state index in [1.807, 2.05) is 13.0 Å². The minimum atomic E-state index is -0.379. The van der Waals surface area contributed by atoms with Gasteiger partial charge < -0.3 is 15.2 Å². The molecule has 0 fully saturated rings. The van der Waals surface area contributed by atoms with Gasteiger partial charge >= 0.3 is 0 Å². The summed E-state index contributed by atoms with van der Waals surface area (Å²) in [6, 6.07) is 7.49. The maximum atomic E-state index is 9.46. The molecule has 112 valence electrons. The van der Waals surface area contributed by atoms with Crippen LogP contribution in [0.3, 0.4) is 0 Å². The van der Waals surface area contributed by atoms with Crippen LogP contribution in [0.5, 0.6) is 11.6 Å². The molecule has 0 aliphatic carbocycles. The second-order valence-corrected chi connectivity index (χ2v) is 5.29. The summed E-state index contributed by atoms with van der Waals surface area (Å²) in [4.78, 5) is 0. The van der Waals surface area contributed by atoms with E-state index in [9.17, 15) is 5.26 Å². The number of hydrogen-bond acceptors (Lipinski definition) is 5. The SMILES string of the molecule is COc1ccc([C@H]2C(C#N)=C(N)Oc3n[nH]c(C)c32)cc1Cl. The Bertz CT molecular complexity index is 819. The first-order valence-corrected chi connectivity index (χ1v) is 6.90. The van der Waals surface area contributed by atoms with Crippen LogP contribution in [0.15, 0.2) is 29.7 Å². The Labute approximate surface area is 132 Å². The first kappa shape index (κ1) is 14.3. The molecule has 6 nitrogen and oxygen atoms in total. The zero-order valence-electron chi connectivity index (χ0n) is 12.0. The first-order valence-electron chi connectivity index (χ1n) is 6.52. The van der Waals surface area contributed by atoms with Crippen molar-refractivity contribution in [1.29, 1.82) is 5.26 Å². The molecule has 1 aliphatic rings. The molecule has 1 aliphatic heterocycles. The van der Waals surface area contributed by atoms with Crippen molar-refractivity contribution in [2.45, 2.75) is 12.8 Å². The Morgan fingerprint density at radius 3 is 2.91 bits per heavy atom. The smallest absolute Gasteiger partial charge is 0.244 e. The predicted molar refractivity (Wildman–Crippen MR) is 80.6 cm³/mol. The Hall–Kier alpha value is -2.65. The first-order chi connectivity index (χ1) is 10.6. The summed E-state index contributed by atoms with van der Waals surface area (Å²) >= 11 is 6.21. The summed E-state index contributed by atoms with van der Waals surface area (Å²) in [7, 11) is 1.55. The van der Waals surface area contributed by atoms with Gasteiger partial charge in [0.25, 0.3) is 0 Å². The number of aromatic nitrogens is 2.